The number of thiazole rings is 1. The maximum Gasteiger partial charge on any atom is 0.183 e. The van der Waals surface area contributed by atoms with Gasteiger partial charge in [-0.3, -0.25) is 0 Å². The van der Waals surface area contributed by atoms with Crippen LogP contribution in [0, 0.1) is 0 Å². The number of alkyl halides is 1. The number of aromatic nitrogens is 1. The molecule has 0 saturated heterocycles. The van der Waals surface area contributed by atoms with Crippen LogP contribution in [-0.2, 0) is 4.74 Å². The van der Waals surface area contributed by atoms with E-state index >= 15 is 0 Å². The first-order valence-corrected chi connectivity index (χ1v) is 6.48. The van der Waals surface area contributed by atoms with Crippen molar-refractivity contribution in [2.45, 2.75) is 0 Å². The zero-order valence-electron chi connectivity index (χ0n) is 8.78. The first kappa shape index (κ1) is 11.6. The first-order chi connectivity index (χ1) is 7.90. The van der Waals surface area contributed by atoms with Gasteiger partial charge in [-0.2, -0.15) is 0 Å². The summed E-state index contributed by atoms with van der Waals surface area (Å²) in [6.45, 7) is 2.02. The largest absolute Gasteiger partial charge is 0.378 e. The molecule has 0 amide bonds. The van der Waals surface area contributed by atoms with Crippen LogP contribution in [0.4, 0.5) is 5.13 Å². The van der Waals surface area contributed by atoms with Gasteiger partial charge in [0.2, 0.25) is 0 Å². The van der Waals surface area contributed by atoms with E-state index in [-0.39, 0.29) is 0 Å². The molecule has 0 atom stereocenters. The Kier molecular flexibility index (Phi) is 4.39. The fraction of sp³-hybridized carbons (Fsp3) is 0.364. The summed E-state index contributed by atoms with van der Waals surface area (Å²) in [6, 6.07) is 8.10. The number of hydrogen-bond acceptors (Lipinski definition) is 4. The summed E-state index contributed by atoms with van der Waals surface area (Å²) >= 11 is 7.15. The zero-order valence-corrected chi connectivity index (χ0v) is 10.4. The molecule has 0 fully saturated rings. The van der Waals surface area contributed by atoms with E-state index in [1.807, 2.05) is 18.2 Å². The molecule has 0 saturated carbocycles. The van der Waals surface area contributed by atoms with Crippen LogP contribution in [0.1, 0.15) is 0 Å². The lowest BCUT2D eigenvalue weighted by atomic mass is 10.3. The lowest BCUT2D eigenvalue weighted by molar-refractivity contribution is 0.160. The van der Waals surface area contributed by atoms with Gasteiger partial charge in [0, 0.05) is 12.4 Å². The van der Waals surface area contributed by atoms with Crippen molar-refractivity contribution in [1.29, 1.82) is 0 Å². The fourth-order valence-corrected chi connectivity index (χ4v) is 2.34. The van der Waals surface area contributed by atoms with Gasteiger partial charge >= 0.3 is 0 Å². The number of halogens is 1. The van der Waals surface area contributed by atoms with Crippen molar-refractivity contribution >= 4 is 38.3 Å². The third-order valence-corrected chi connectivity index (χ3v) is 3.19. The van der Waals surface area contributed by atoms with Gasteiger partial charge in [0.1, 0.15) is 0 Å². The van der Waals surface area contributed by atoms with E-state index in [1.54, 1.807) is 11.3 Å². The van der Waals surface area contributed by atoms with Crippen LogP contribution in [-0.4, -0.2) is 30.6 Å². The summed E-state index contributed by atoms with van der Waals surface area (Å²) in [5, 5.41) is 4.17. The minimum absolute atomic E-state index is 0.543. The predicted molar refractivity (Wildman–Crippen MR) is 69.6 cm³/mol. The van der Waals surface area contributed by atoms with Crippen LogP contribution in [0.25, 0.3) is 10.2 Å². The smallest absolute Gasteiger partial charge is 0.183 e. The highest BCUT2D eigenvalue weighted by Crippen LogP contribution is 2.24. The van der Waals surface area contributed by atoms with Gasteiger partial charge in [0.15, 0.2) is 5.13 Å². The fourth-order valence-electron chi connectivity index (χ4n) is 1.33. The average Bonchev–Trinajstić information content (AvgIpc) is 2.71. The molecule has 1 N–H and O–H groups in total. The number of nitrogens with one attached hydrogen (secondary N) is 1. The van der Waals surface area contributed by atoms with Crippen molar-refractivity contribution in [1.82, 2.24) is 4.98 Å². The van der Waals surface area contributed by atoms with Gasteiger partial charge in [-0.25, -0.2) is 4.98 Å². The molecule has 0 aliphatic heterocycles. The zero-order chi connectivity index (χ0) is 11.2. The van der Waals surface area contributed by atoms with Gasteiger partial charge in [-0.15, -0.1) is 11.6 Å². The molecule has 1 aromatic carbocycles. The third-order valence-electron chi connectivity index (χ3n) is 2.04. The normalized spacial score (nSPS) is 10.8. The topological polar surface area (TPSA) is 34.1 Å². The molecule has 0 aliphatic carbocycles. The number of benzene rings is 1. The maximum atomic E-state index is 5.50. The van der Waals surface area contributed by atoms with Crippen LogP contribution >= 0.6 is 22.9 Å². The van der Waals surface area contributed by atoms with Crippen LogP contribution in [0.5, 0.6) is 0 Å². The molecule has 86 valence electrons. The SMILES string of the molecule is ClCCOCCNc1nc2ccccc2s1. The van der Waals surface area contributed by atoms with Crippen molar-refractivity contribution in [3.63, 3.8) is 0 Å². The lowest BCUT2D eigenvalue weighted by Crippen LogP contribution is -2.10. The molecule has 0 radical (unpaired) electrons. The molecule has 2 aromatic rings. The highest BCUT2D eigenvalue weighted by atomic mass is 35.5. The second-order valence-corrected chi connectivity index (χ2v) is 4.62. The quantitative estimate of drug-likeness (QED) is 0.637. The molecule has 2 rings (SSSR count). The number of para-hydroxylation sites is 1. The van der Waals surface area contributed by atoms with E-state index in [2.05, 4.69) is 16.4 Å². The Morgan fingerprint density at radius 3 is 3.00 bits per heavy atom. The number of ether oxygens (including phenoxy) is 1. The summed E-state index contributed by atoms with van der Waals surface area (Å²) in [6.07, 6.45) is 0. The minimum Gasteiger partial charge on any atom is -0.378 e. The van der Waals surface area contributed by atoms with Gasteiger partial charge in [-0.05, 0) is 12.1 Å². The van der Waals surface area contributed by atoms with Crippen LogP contribution in [0.3, 0.4) is 0 Å². The van der Waals surface area contributed by atoms with Crippen molar-refractivity contribution < 1.29 is 4.74 Å². The van der Waals surface area contributed by atoms with E-state index in [9.17, 15) is 0 Å². The molecular formula is C11H13ClN2OS. The van der Waals surface area contributed by atoms with Crippen LogP contribution in [0.15, 0.2) is 24.3 Å². The Morgan fingerprint density at radius 2 is 2.19 bits per heavy atom. The summed E-state index contributed by atoms with van der Waals surface area (Å²) in [5.74, 6) is 0.543. The molecule has 1 heterocycles. The van der Waals surface area contributed by atoms with Crippen molar-refractivity contribution in [3.8, 4) is 0 Å². The molecule has 3 nitrogen and oxygen atoms in total. The minimum atomic E-state index is 0.543. The number of hydrogen-bond donors (Lipinski definition) is 1. The Morgan fingerprint density at radius 1 is 1.31 bits per heavy atom. The Balaban J connectivity index is 1.85. The third kappa shape index (κ3) is 3.07. The molecule has 0 unspecified atom stereocenters. The molecule has 16 heavy (non-hydrogen) atoms. The van der Waals surface area contributed by atoms with E-state index in [4.69, 9.17) is 16.3 Å². The van der Waals surface area contributed by atoms with Crippen molar-refractivity contribution in [3.05, 3.63) is 24.3 Å². The van der Waals surface area contributed by atoms with Crippen molar-refractivity contribution in [2.24, 2.45) is 0 Å². The molecule has 5 heteroatoms. The standard InChI is InChI=1S/C11H13ClN2OS/c12-5-7-15-8-6-13-11-14-9-3-1-2-4-10(9)16-11/h1-4H,5-8H2,(H,13,14). The van der Waals surface area contributed by atoms with Crippen molar-refractivity contribution in [2.75, 3.05) is 31.0 Å². The van der Waals surface area contributed by atoms with Gasteiger partial charge < -0.3 is 10.1 Å². The van der Waals surface area contributed by atoms with Gasteiger partial charge in [-0.1, -0.05) is 23.5 Å². The van der Waals surface area contributed by atoms with Crippen LogP contribution < -0.4 is 5.32 Å². The van der Waals surface area contributed by atoms with Crippen LogP contribution in [0.2, 0.25) is 0 Å². The lowest BCUT2D eigenvalue weighted by Gasteiger charge is -2.02. The monoisotopic (exact) mass is 256 g/mol. The Labute approximate surface area is 103 Å². The van der Waals surface area contributed by atoms with E-state index < -0.39 is 0 Å². The maximum absolute atomic E-state index is 5.50. The van der Waals surface area contributed by atoms with E-state index in [0.717, 1.165) is 17.2 Å². The number of rotatable bonds is 6. The Bertz CT molecular complexity index is 413. The summed E-state index contributed by atoms with van der Waals surface area (Å²) in [4.78, 5) is 4.46. The summed E-state index contributed by atoms with van der Waals surface area (Å²) < 4.78 is 6.46. The summed E-state index contributed by atoms with van der Waals surface area (Å²) in [5.41, 5.74) is 1.04. The highest BCUT2D eigenvalue weighted by molar-refractivity contribution is 7.22. The first-order valence-electron chi connectivity index (χ1n) is 5.13. The molecule has 1 aromatic heterocycles. The molecule has 0 spiro atoms. The average molecular weight is 257 g/mol. The van der Waals surface area contributed by atoms with Gasteiger partial charge in [0.05, 0.1) is 23.4 Å². The summed E-state index contributed by atoms with van der Waals surface area (Å²) in [7, 11) is 0. The molecular weight excluding hydrogens is 244 g/mol. The number of anilines is 1. The van der Waals surface area contributed by atoms with E-state index in [0.29, 0.717) is 19.1 Å². The second-order valence-electron chi connectivity index (χ2n) is 3.21. The van der Waals surface area contributed by atoms with E-state index in [1.165, 1.54) is 4.70 Å². The second kappa shape index (κ2) is 6.03. The highest BCUT2D eigenvalue weighted by Gasteiger charge is 2.01. The molecule has 0 bridgehead atoms. The Hall–Kier alpha value is -0.840. The number of fused-ring (bicyclic) bond motifs is 1. The number of nitrogens with zero attached hydrogens (tertiary/aromatic N) is 1. The molecule has 0 aliphatic rings. The van der Waals surface area contributed by atoms with Gasteiger partial charge in [0.25, 0.3) is 0 Å². The predicted octanol–water partition coefficient (Wildman–Crippen LogP) is 2.96.